The van der Waals surface area contributed by atoms with Crippen LogP contribution in [0.5, 0.6) is 0 Å². The molecule has 100 valence electrons. The van der Waals surface area contributed by atoms with Crippen LogP contribution >= 0.6 is 11.3 Å². The number of hydrogen-bond acceptors (Lipinski definition) is 6. The molecule has 1 atom stereocenters. The van der Waals surface area contributed by atoms with Crippen LogP contribution < -0.4 is 11.1 Å². The Hall–Kier alpha value is -1.73. The number of anilines is 1. The molecule has 1 saturated heterocycles. The predicted molar refractivity (Wildman–Crippen MR) is 73.1 cm³/mol. The summed E-state index contributed by atoms with van der Waals surface area (Å²) in [6, 6.07) is 1.84. The number of hydrogen-bond donors (Lipinski definition) is 2. The number of ether oxygens (including phenoxy) is 1. The Labute approximate surface area is 114 Å². The summed E-state index contributed by atoms with van der Waals surface area (Å²) in [6.45, 7) is 1.34. The van der Waals surface area contributed by atoms with Crippen LogP contribution in [0.25, 0.3) is 10.2 Å². The first kappa shape index (κ1) is 12.3. The number of nitrogens with zero attached hydrogens (tertiary/aromatic N) is 2. The molecule has 7 heteroatoms. The van der Waals surface area contributed by atoms with E-state index in [1.54, 1.807) is 12.3 Å². The minimum atomic E-state index is -0.156. The van der Waals surface area contributed by atoms with Crippen LogP contribution in [0.4, 0.5) is 5.69 Å². The molecule has 0 aliphatic carbocycles. The smallest absolute Gasteiger partial charge is 0.263 e. The van der Waals surface area contributed by atoms with Gasteiger partial charge in [0, 0.05) is 12.0 Å². The van der Waals surface area contributed by atoms with Gasteiger partial charge in [0.1, 0.15) is 9.71 Å². The van der Waals surface area contributed by atoms with E-state index in [0.29, 0.717) is 22.0 Å². The fourth-order valence-corrected chi connectivity index (χ4v) is 3.09. The lowest BCUT2D eigenvalue weighted by Crippen LogP contribution is -2.40. The minimum absolute atomic E-state index is 0.0666. The molecule has 1 amide bonds. The van der Waals surface area contributed by atoms with Crippen molar-refractivity contribution < 1.29 is 9.53 Å². The molecule has 0 saturated carbocycles. The Bertz CT molecular complexity index is 607. The fraction of sp³-hybridized carbons (Fsp3) is 0.417. The van der Waals surface area contributed by atoms with Crippen LogP contribution in [0.2, 0.25) is 0 Å². The molecule has 1 fully saturated rings. The Morgan fingerprint density at radius 1 is 1.58 bits per heavy atom. The second-order valence-electron chi connectivity index (χ2n) is 4.48. The van der Waals surface area contributed by atoms with Gasteiger partial charge in [-0.2, -0.15) is 5.10 Å². The summed E-state index contributed by atoms with van der Waals surface area (Å²) in [5, 5.41) is 11.5. The average Bonchev–Trinajstić information content (AvgIpc) is 2.78. The zero-order valence-electron chi connectivity index (χ0n) is 10.3. The number of amides is 1. The number of thiophene rings is 1. The first-order valence-electron chi connectivity index (χ1n) is 6.14. The van der Waals surface area contributed by atoms with E-state index < -0.39 is 0 Å². The van der Waals surface area contributed by atoms with Crippen molar-refractivity contribution in [1.29, 1.82) is 0 Å². The van der Waals surface area contributed by atoms with Gasteiger partial charge < -0.3 is 15.8 Å². The van der Waals surface area contributed by atoms with Gasteiger partial charge in [0.15, 0.2) is 0 Å². The van der Waals surface area contributed by atoms with Crippen molar-refractivity contribution in [2.45, 2.75) is 18.9 Å². The molecule has 3 rings (SSSR count). The number of nitrogens with one attached hydrogen (secondary N) is 1. The van der Waals surface area contributed by atoms with E-state index in [0.717, 1.165) is 24.8 Å². The lowest BCUT2D eigenvalue weighted by atomic mass is 10.1. The van der Waals surface area contributed by atoms with E-state index in [9.17, 15) is 4.79 Å². The summed E-state index contributed by atoms with van der Waals surface area (Å²) < 4.78 is 5.34. The second kappa shape index (κ2) is 5.10. The maximum atomic E-state index is 12.2. The van der Waals surface area contributed by atoms with Crippen molar-refractivity contribution in [3.05, 3.63) is 17.1 Å². The van der Waals surface area contributed by atoms with Gasteiger partial charge in [0.25, 0.3) is 5.91 Å². The maximum absolute atomic E-state index is 12.2. The SMILES string of the molecule is Nc1c(C(=O)NC2CCCOC2)sc2nnccc12. The van der Waals surface area contributed by atoms with Gasteiger partial charge >= 0.3 is 0 Å². The van der Waals surface area contributed by atoms with Gasteiger partial charge in [-0.25, -0.2) is 0 Å². The summed E-state index contributed by atoms with van der Waals surface area (Å²) >= 11 is 1.27. The second-order valence-corrected chi connectivity index (χ2v) is 5.48. The van der Waals surface area contributed by atoms with Crippen LogP contribution in [-0.2, 0) is 4.74 Å². The largest absolute Gasteiger partial charge is 0.397 e. The third-order valence-corrected chi connectivity index (χ3v) is 4.23. The maximum Gasteiger partial charge on any atom is 0.263 e. The van der Waals surface area contributed by atoms with E-state index in [-0.39, 0.29) is 11.9 Å². The quantitative estimate of drug-likeness (QED) is 0.861. The summed E-state index contributed by atoms with van der Waals surface area (Å²) in [6.07, 6.45) is 3.48. The molecule has 3 heterocycles. The normalized spacial score (nSPS) is 19.5. The van der Waals surface area contributed by atoms with Gasteiger partial charge in [-0.05, 0) is 18.9 Å². The van der Waals surface area contributed by atoms with Gasteiger partial charge in [-0.15, -0.1) is 16.4 Å². The Morgan fingerprint density at radius 3 is 3.21 bits per heavy atom. The summed E-state index contributed by atoms with van der Waals surface area (Å²) in [4.78, 5) is 13.4. The topological polar surface area (TPSA) is 90.1 Å². The van der Waals surface area contributed by atoms with Gasteiger partial charge in [0.2, 0.25) is 0 Å². The summed E-state index contributed by atoms with van der Waals surface area (Å²) in [5.74, 6) is -0.156. The summed E-state index contributed by atoms with van der Waals surface area (Å²) in [7, 11) is 0. The number of nitrogen functional groups attached to an aromatic ring is 1. The molecule has 0 spiro atoms. The third kappa shape index (κ3) is 2.39. The van der Waals surface area contributed by atoms with E-state index >= 15 is 0 Å². The van der Waals surface area contributed by atoms with Crippen LogP contribution in [-0.4, -0.2) is 35.4 Å². The molecule has 2 aromatic heterocycles. The zero-order valence-corrected chi connectivity index (χ0v) is 11.1. The molecule has 3 N–H and O–H groups in total. The molecule has 0 radical (unpaired) electrons. The lowest BCUT2D eigenvalue weighted by Gasteiger charge is -2.22. The van der Waals surface area contributed by atoms with Crippen molar-refractivity contribution in [1.82, 2.24) is 15.5 Å². The molecule has 1 aliphatic heterocycles. The van der Waals surface area contributed by atoms with E-state index in [1.807, 2.05) is 0 Å². The number of fused-ring (bicyclic) bond motifs is 1. The molecule has 1 unspecified atom stereocenters. The number of aromatic nitrogens is 2. The Kier molecular flexibility index (Phi) is 3.31. The third-order valence-electron chi connectivity index (χ3n) is 3.12. The highest BCUT2D eigenvalue weighted by Gasteiger charge is 2.21. The molecule has 1 aliphatic rings. The molecule has 6 nitrogen and oxygen atoms in total. The predicted octanol–water partition coefficient (Wildman–Crippen LogP) is 1.18. The number of carbonyl (C=O) groups is 1. The van der Waals surface area contributed by atoms with Crippen LogP contribution in [0.1, 0.15) is 22.5 Å². The van der Waals surface area contributed by atoms with Crippen molar-refractivity contribution in [2.75, 3.05) is 18.9 Å². The lowest BCUT2D eigenvalue weighted by molar-refractivity contribution is 0.0626. The van der Waals surface area contributed by atoms with Crippen molar-refractivity contribution in [3.8, 4) is 0 Å². The minimum Gasteiger partial charge on any atom is -0.397 e. The van der Waals surface area contributed by atoms with Crippen LogP contribution in [0.3, 0.4) is 0 Å². The van der Waals surface area contributed by atoms with Crippen molar-refractivity contribution in [2.24, 2.45) is 0 Å². The number of rotatable bonds is 2. The molecular formula is C12H14N4O2S. The molecule has 2 aromatic rings. The first-order valence-corrected chi connectivity index (χ1v) is 6.95. The highest BCUT2D eigenvalue weighted by Crippen LogP contribution is 2.31. The van der Waals surface area contributed by atoms with E-state index in [2.05, 4.69) is 15.5 Å². The van der Waals surface area contributed by atoms with Gasteiger partial charge in [0.05, 0.1) is 24.5 Å². The van der Waals surface area contributed by atoms with E-state index in [4.69, 9.17) is 10.5 Å². The van der Waals surface area contributed by atoms with Crippen LogP contribution in [0, 0.1) is 0 Å². The monoisotopic (exact) mass is 278 g/mol. The average molecular weight is 278 g/mol. The van der Waals surface area contributed by atoms with E-state index in [1.165, 1.54) is 11.3 Å². The van der Waals surface area contributed by atoms with Crippen LogP contribution in [0.15, 0.2) is 12.3 Å². The molecule has 0 aromatic carbocycles. The summed E-state index contributed by atoms with van der Waals surface area (Å²) in [5.41, 5.74) is 6.47. The highest BCUT2D eigenvalue weighted by molar-refractivity contribution is 7.21. The molecule has 19 heavy (non-hydrogen) atoms. The van der Waals surface area contributed by atoms with Gasteiger partial charge in [-0.3, -0.25) is 4.79 Å². The van der Waals surface area contributed by atoms with Crippen molar-refractivity contribution >= 4 is 33.1 Å². The van der Waals surface area contributed by atoms with Gasteiger partial charge in [-0.1, -0.05) is 0 Å². The molecular weight excluding hydrogens is 264 g/mol. The number of nitrogens with two attached hydrogens (primary N) is 1. The Morgan fingerprint density at radius 2 is 2.47 bits per heavy atom. The Balaban J connectivity index is 1.83. The molecule has 0 bridgehead atoms. The fourth-order valence-electron chi connectivity index (χ4n) is 2.15. The zero-order chi connectivity index (χ0) is 13.2. The van der Waals surface area contributed by atoms with Crippen molar-refractivity contribution in [3.63, 3.8) is 0 Å². The standard InChI is InChI=1S/C12H14N4O2S/c13-9-8-3-4-14-16-12(8)19-10(9)11(17)15-7-2-1-5-18-6-7/h3-4,7H,1-2,5-6,13H2,(H,15,17). The first-order chi connectivity index (χ1) is 9.25. The highest BCUT2D eigenvalue weighted by atomic mass is 32.1. The number of carbonyl (C=O) groups excluding carboxylic acids is 1.